The van der Waals surface area contributed by atoms with E-state index in [1.807, 2.05) is 0 Å². The standard InChI is InChI=1S/C9H8FN3.C8H7FN2.B14/c1-5-2-6-8(3-7(5)10)12-4-13-9(6)11;1-5-3-8(11-2)7(10)4-6(5)9;1-9(2)13(10(3)4)14(11(5)6)12(7)8/h2-4H,1H3,(H2,11,12,13);3-4H,10H2,1H3;. The first-order valence-corrected chi connectivity index (χ1v) is 11.3. The molecule has 0 bridgehead atoms. The quantitative estimate of drug-likeness (QED) is 0.268. The van der Waals surface area contributed by atoms with E-state index in [1.165, 1.54) is 24.5 Å². The lowest BCUT2D eigenvalue weighted by molar-refractivity contribution is 0.619. The number of hydrogen-bond donors (Lipinski definition) is 2. The van der Waals surface area contributed by atoms with E-state index < -0.39 is 38.3 Å². The van der Waals surface area contributed by atoms with Crippen LogP contribution in [0.4, 0.5) is 26.0 Å². The second-order valence-electron chi connectivity index (χ2n) is 8.61. The van der Waals surface area contributed by atoms with Crippen molar-refractivity contribution in [3.63, 3.8) is 0 Å². The Morgan fingerprint density at radius 1 is 0.737 bits per heavy atom. The summed E-state index contributed by atoms with van der Waals surface area (Å²) >= 11 is 0. The molecule has 1 heterocycles. The smallest absolute Gasteiger partial charge is 0.209 e. The molecule has 4 N–H and O–H groups in total. The summed E-state index contributed by atoms with van der Waals surface area (Å²) in [7, 11) is 44.1. The number of rotatable bonds is 5. The van der Waals surface area contributed by atoms with Gasteiger partial charge in [0.15, 0.2) is 0 Å². The van der Waals surface area contributed by atoms with Crippen LogP contribution >= 0.6 is 0 Å². The van der Waals surface area contributed by atoms with Crippen molar-refractivity contribution in [3.05, 3.63) is 64.8 Å². The highest BCUT2D eigenvalue weighted by atomic mass is 19.1. The number of halogens is 2. The van der Waals surface area contributed by atoms with Gasteiger partial charge in [-0.05, 0) is 43.2 Å². The Morgan fingerprint density at radius 3 is 1.63 bits per heavy atom. The summed E-state index contributed by atoms with van der Waals surface area (Å²) < 4.78 is 25.8. The maximum absolute atomic E-state index is 13.1. The topological polar surface area (TPSA) is 82.2 Å². The Labute approximate surface area is 236 Å². The average Bonchev–Trinajstić information content (AvgIpc) is 2.81. The maximum atomic E-state index is 13.1. The fraction of sp³-hybridized carbons (Fsp3) is 0.118. The van der Waals surface area contributed by atoms with Gasteiger partial charge in [-0.15, -0.1) is 0 Å². The van der Waals surface area contributed by atoms with E-state index >= 15 is 0 Å². The molecule has 0 amide bonds. The minimum atomic E-state index is -0.760. The van der Waals surface area contributed by atoms with E-state index in [0.29, 0.717) is 33.5 Å². The van der Waals surface area contributed by atoms with Crippen LogP contribution in [-0.4, -0.2) is 110 Å². The number of fused-ring (bicyclic) bond motifs is 1. The van der Waals surface area contributed by atoms with Gasteiger partial charge in [-0.25, -0.2) is 23.6 Å². The summed E-state index contributed by atoms with van der Waals surface area (Å²) in [5.41, 5.74) is 13.0. The van der Waals surface area contributed by atoms with E-state index in [2.05, 4.69) is 14.8 Å². The first-order chi connectivity index (χ1) is 17.6. The fourth-order valence-corrected chi connectivity index (χ4v) is 3.52. The molecule has 0 atom stereocenters. The molecule has 1 aromatic heterocycles. The number of anilines is 2. The lowest BCUT2D eigenvalue weighted by Crippen LogP contribution is -2.72. The Morgan fingerprint density at radius 2 is 1.18 bits per heavy atom. The van der Waals surface area contributed by atoms with Crippen LogP contribution in [0.1, 0.15) is 11.1 Å². The number of benzene rings is 2. The van der Waals surface area contributed by atoms with E-state index in [4.69, 9.17) is 79.9 Å². The minimum absolute atomic E-state index is 0.197. The largest absolute Gasteiger partial charge is 0.407 e. The second-order valence-corrected chi connectivity index (χ2v) is 8.61. The molecule has 0 saturated carbocycles. The zero-order valence-electron chi connectivity index (χ0n) is 21.2. The molecule has 0 saturated heterocycles. The van der Waals surface area contributed by atoms with Crippen molar-refractivity contribution in [2.75, 3.05) is 11.5 Å². The number of aryl methyl sites for hydroxylation is 2. The summed E-state index contributed by atoms with van der Waals surface area (Å²) in [5, 5.41) is 0.696. The fourth-order valence-electron chi connectivity index (χ4n) is 3.52. The Kier molecular flexibility index (Phi) is 13.5. The van der Waals surface area contributed by atoms with Crippen molar-refractivity contribution < 1.29 is 8.78 Å². The molecule has 3 rings (SSSR count). The van der Waals surface area contributed by atoms with Crippen molar-refractivity contribution in [2.24, 2.45) is 0 Å². The van der Waals surface area contributed by atoms with Crippen molar-refractivity contribution in [2.45, 2.75) is 13.8 Å². The van der Waals surface area contributed by atoms with Gasteiger partial charge < -0.3 is 11.5 Å². The number of nitrogen functional groups attached to an aromatic ring is 2. The highest BCUT2D eigenvalue weighted by Gasteiger charge is 2.35. The van der Waals surface area contributed by atoms with Gasteiger partial charge in [0.2, 0.25) is 5.69 Å². The number of aromatic nitrogens is 2. The first-order valence-electron chi connectivity index (χ1n) is 11.3. The lowest BCUT2D eigenvalue weighted by atomic mass is 8.47. The molecule has 0 spiro atoms. The molecule has 0 unspecified atom stereocenters. The monoisotopic (exact) mass is 481 g/mol. The van der Waals surface area contributed by atoms with Crippen LogP contribution in [0.5, 0.6) is 0 Å². The lowest BCUT2D eigenvalue weighted by Gasteiger charge is -2.34. The predicted octanol–water partition coefficient (Wildman–Crippen LogP) is -1.40. The number of nitrogens with zero attached hydrogens (tertiary/aromatic N) is 3. The zero-order valence-corrected chi connectivity index (χ0v) is 21.2. The Balaban J connectivity index is 0.000000287. The normalized spacial score (nSPS) is 9.55. The molecule has 21 heteroatoms. The van der Waals surface area contributed by atoms with Crippen LogP contribution in [0.2, 0.25) is 0 Å². The summed E-state index contributed by atoms with van der Waals surface area (Å²) in [6.07, 6.45) is -2.75. The molecular weight excluding hydrogens is 464 g/mol. The molecule has 3 aromatic rings. The van der Waals surface area contributed by atoms with Gasteiger partial charge in [-0.1, -0.05) is 0 Å². The Hall–Kier alpha value is -2.36. The van der Waals surface area contributed by atoms with Gasteiger partial charge >= 0.3 is 0 Å². The molecule has 38 heavy (non-hydrogen) atoms. The third-order valence-corrected chi connectivity index (χ3v) is 5.60. The summed E-state index contributed by atoms with van der Waals surface area (Å²) in [5.74, 6) is -0.256. The average molecular weight is 479 g/mol. The van der Waals surface area contributed by atoms with Crippen LogP contribution < -0.4 is 11.5 Å². The van der Waals surface area contributed by atoms with E-state index in [9.17, 15) is 8.78 Å². The highest BCUT2D eigenvalue weighted by Crippen LogP contribution is 2.24. The third kappa shape index (κ3) is 9.43. The maximum Gasteiger partial charge on any atom is 0.209 e. The predicted molar refractivity (Wildman–Crippen MR) is 171 cm³/mol. The van der Waals surface area contributed by atoms with Crippen molar-refractivity contribution in [1.29, 1.82) is 0 Å². The summed E-state index contributed by atoms with van der Waals surface area (Å²) in [6, 6.07) is 5.63. The molecule has 0 aliphatic heterocycles. The van der Waals surface area contributed by atoms with Gasteiger partial charge in [0.1, 0.15) is 23.8 Å². The van der Waals surface area contributed by atoms with Crippen LogP contribution in [0.15, 0.2) is 30.6 Å². The van der Waals surface area contributed by atoms with Crippen molar-refractivity contribution >= 4 is 128 Å². The zero-order chi connectivity index (χ0) is 29.3. The molecule has 164 valence electrons. The number of hydrogen-bond acceptors (Lipinski definition) is 4. The Bertz CT molecular complexity index is 1230. The van der Waals surface area contributed by atoms with Gasteiger partial charge in [0, 0.05) is 117 Å². The van der Waals surface area contributed by atoms with E-state index in [0.717, 1.165) is 0 Å². The van der Waals surface area contributed by atoms with Gasteiger partial charge in [0.05, 0.1) is 12.1 Å². The van der Waals surface area contributed by atoms with E-state index in [1.54, 1.807) is 19.9 Å². The highest BCUT2D eigenvalue weighted by molar-refractivity contribution is 8.10. The first kappa shape index (κ1) is 33.7. The van der Waals surface area contributed by atoms with Crippen LogP contribution in [0.25, 0.3) is 15.7 Å². The van der Waals surface area contributed by atoms with Crippen molar-refractivity contribution in [3.8, 4) is 0 Å². The van der Waals surface area contributed by atoms with E-state index in [-0.39, 0.29) is 17.3 Å². The molecule has 0 aliphatic carbocycles. The second kappa shape index (κ2) is 15.3. The van der Waals surface area contributed by atoms with Crippen LogP contribution in [-0.2, 0) is 0 Å². The van der Waals surface area contributed by atoms with Crippen LogP contribution in [0.3, 0.4) is 0 Å². The molecule has 2 aromatic carbocycles. The minimum Gasteiger partial charge on any atom is -0.407 e. The third-order valence-electron chi connectivity index (χ3n) is 5.60. The molecule has 0 aliphatic rings. The molecule has 16 radical (unpaired) electrons. The molecule has 5 nitrogen and oxygen atoms in total. The van der Waals surface area contributed by atoms with Crippen LogP contribution in [0, 0.1) is 32.1 Å². The molecular formula is C17H15B14F2N5. The van der Waals surface area contributed by atoms with Gasteiger partial charge in [-0.2, -0.15) is 0 Å². The van der Waals surface area contributed by atoms with Gasteiger partial charge in [-0.3, -0.25) is 0 Å². The summed E-state index contributed by atoms with van der Waals surface area (Å²) in [6.45, 7) is 9.96. The summed E-state index contributed by atoms with van der Waals surface area (Å²) in [4.78, 5) is 10.9. The van der Waals surface area contributed by atoms with Crippen molar-refractivity contribution in [1.82, 2.24) is 9.97 Å². The van der Waals surface area contributed by atoms with Gasteiger partial charge in [0.25, 0.3) is 0 Å². The molecule has 0 fully saturated rings. The number of nitrogens with two attached hydrogens (primary N) is 2. The SMILES string of the molecule is Cc1cc2c(N)ncnc2cc1F.[B]B([B])B(B([B])[B])B(B([B])[B])B([B])[B].[C-]#[N+]c1cc(C)c(F)cc1N.